The third kappa shape index (κ3) is 9.37. The van der Waals surface area contributed by atoms with Crippen LogP contribution in [0.3, 0.4) is 0 Å². The normalized spacial score (nSPS) is 13.4. The van der Waals surface area contributed by atoms with E-state index in [2.05, 4.69) is 21.7 Å². The summed E-state index contributed by atoms with van der Waals surface area (Å²) in [6, 6.07) is 5.94. The monoisotopic (exact) mass is 422 g/mol. The Hall–Kier alpha value is -3.14. The highest BCUT2D eigenvalue weighted by Crippen LogP contribution is 2.02. The first-order chi connectivity index (χ1) is 14.2. The van der Waals surface area contributed by atoms with E-state index < -0.39 is 42.0 Å². The van der Waals surface area contributed by atoms with Crippen molar-refractivity contribution in [3.05, 3.63) is 35.9 Å². The van der Waals surface area contributed by atoms with E-state index in [9.17, 15) is 24.3 Å². The van der Waals surface area contributed by atoms with Crippen molar-refractivity contribution < 1.29 is 34.8 Å². The Bertz CT molecular complexity index is 713. The predicted molar refractivity (Wildman–Crippen MR) is 105 cm³/mol. The van der Waals surface area contributed by atoms with Gasteiger partial charge in [0.1, 0.15) is 18.7 Å². The van der Waals surface area contributed by atoms with Crippen molar-refractivity contribution in [3.8, 4) is 0 Å². The average Bonchev–Trinajstić information content (AvgIpc) is 2.71. The Morgan fingerprint density at radius 2 is 1.57 bits per heavy atom. The van der Waals surface area contributed by atoms with Crippen LogP contribution in [0.5, 0.6) is 0 Å². The van der Waals surface area contributed by atoms with E-state index in [1.165, 1.54) is 13.8 Å². The first kappa shape index (κ1) is 24.9. The number of rotatable bonds is 12. The molecular formula is C20H30N4O6. The number of nitrogens with one attached hydrogen (secondary N) is 3. The maximum atomic E-state index is 12.2. The van der Waals surface area contributed by atoms with E-state index in [-0.39, 0.29) is 13.0 Å². The molecule has 10 nitrogen and oxygen atoms in total. The fourth-order valence-corrected chi connectivity index (χ4v) is 2.48. The van der Waals surface area contributed by atoms with E-state index in [0.29, 0.717) is 13.0 Å². The van der Waals surface area contributed by atoms with Gasteiger partial charge in [-0.1, -0.05) is 30.3 Å². The minimum Gasteiger partial charge on any atom is -0.548 e. The van der Waals surface area contributed by atoms with Gasteiger partial charge in [-0.05, 0) is 38.7 Å². The van der Waals surface area contributed by atoms with Crippen molar-refractivity contribution in [3.63, 3.8) is 0 Å². The van der Waals surface area contributed by atoms with Crippen LogP contribution in [0.4, 0.5) is 4.79 Å². The summed E-state index contributed by atoms with van der Waals surface area (Å²) in [5.41, 5.74) is 4.48. The first-order valence-corrected chi connectivity index (χ1v) is 9.82. The molecule has 0 aliphatic heterocycles. The molecule has 0 unspecified atom stereocenters. The number of benzene rings is 1. The molecule has 3 atom stereocenters. The molecule has 0 aliphatic rings. The Balaban J connectivity index is 2.43. The number of carboxylic acids is 1. The van der Waals surface area contributed by atoms with E-state index >= 15 is 0 Å². The first-order valence-electron chi connectivity index (χ1n) is 9.82. The number of amides is 3. The Kier molecular flexibility index (Phi) is 10.9. The highest BCUT2D eigenvalue weighted by Gasteiger charge is 2.23. The summed E-state index contributed by atoms with van der Waals surface area (Å²) in [6.45, 7) is 3.57. The second-order valence-corrected chi connectivity index (χ2v) is 6.89. The Morgan fingerprint density at radius 3 is 2.17 bits per heavy atom. The highest BCUT2D eigenvalue weighted by atomic mass is 16.5. The molecule has 0 bridgehead atoms. The smallest absolute Gasteiger partial charge is 0.408 e. The van der Waals surface area contributed by atoms with Crippen molar-refractivity contribution in [2.24, 2.45) is 0 Å². The Morgan fingerprint density at radius 1 is 0.967 bits per heavy atom. The van der Waals surface area contributed by atoms with Crippen LogP contribution in [-0.2, 0) is 25.7 Å². The summed E-state index contributed by atoms with van der Waals surface area (Å²) < 4.78 is 5.04. The van der Waals surface area contributed by atoms with Gasteiger partial charge in [0.2, 0.25) is 11.8 Å². The summed E-state index contributed by atoms with van der Waals surface area (Å²) in [5.74, 6) is -2.66. The molecule has 1 aromatic rings. The lowest BCUT2D eigenvalue weighted by Gasteiger charge is -2.23. The molecule has 10 heteroatoms. The van der Waals surface area contributed by atoms with Crippen LogP contribution in [0.25, 0.3) is 0 Å². The fraction of sp³-hybridized carbons (Fsp3) is 0.500. The zero-order chi connectivity index (χ0) is 22.5. The van der Waals surface area contributed by atoms with Crippen LogP contribution in [0.2, 0.25) is 0 Å². The number of hydrogen-bond acceptors (Lipinski definition) is 6. The van der Waals surface area contributed by atoms with Crippen molar-refractivity contribution in [2.45, 2.75) is 57.8 Å². The van der Waals surface area contributed by atoms with Crippen LogP contribution in [0.15, 0.2) is 30.3 Å². The van der Waals surface area contributed by atoms with E-state index in [4.69, 9.17) is 4.74 Å². The number of carbonyl (C=O) groups excluding carboxylic acids is 4. The van der Waals surface area contributed by atoms with E-state index in [1.807, 2.05) is 18.2 Å². The van der Waals surface area contributed by atoms with Gasteiger partial charge in [0.15, 0.2) is 0 Å². The molecule has 0 saturated carbocycles. The number of carbonyl (C=O) groups is 4. The molecule has 0 fully saturated rings. The maximum absolute atomic E-state index is 12.2. The topological polar surface area (TPSA) is 164 Å². The lowest BCUT2D eigenvalue weighted by Crippen LogP contribution is -2.55. The van der Waals surface area contributed by atoms with Gasteiger partial charge in [0, 0.05) is 0 Å². The van der Waals surface area contributed by atoms with Crippen LogP contribution in [0.1, 0.15) is 38.7 Å². The molecule has 0 radical (unpaired) electrons. The molecule has 0 aliphatic carbocycles. The van der Waals surface area contributed by atoms with Gasteiger partial charge in [0.05, 0.1) is 18.6 Å². The molecule has 166 valence electrons. The van der Waals surface area contributed by atoms with Gasteiger partial charge >= 0.3 is 6.09 Å². The summed E-state index contributed by atoms with van der Waals surface area (Å²) in [4.78, 5) is 47.4. The van der Waals surface area contributed by atoms with Crippen molar-refractivity contribution >= 4 is 23.9 Å². The molecular weight excluding hydrogens is 392 g/mol. The molecule has 0 aromatic heterocycles. The zero-order valence-corrected chi connectivity index (χ0v) is 17.3. The van der Waals surface area contributed by atoms with Gasteiger partial charge in [0.25, 0.3) is 0 Å². The van der Waals surface area contributed by atoms with Crippen LogP contribution < -0.4 is 26.8 Å². The van der Waals surface area contributed by atoms with E-state index in [0.717, 1.165) is 12.0 Å². The summed E-state index contributed by atoms with van der Waals surface area (Å²) in [7, 11) is 0. The molecule has 1 rings (SSSR count). The number of carboxylic acid groups (broad SMARTS) is 1. The highest BCUT2D eigenvalue weighted by molar-refractivity contribution is 5.92. The number of alkyl carbamates (subject to hydrolysis) is 1. The molecule has 0 heterocycles. The molecule has 1 aromatic carbocycles. The Labute approximate surface area is 175 Å². The van der Waals surface area contributed by atoms with Gasteiger partial charge in [-0.2, -0.15) is 0 Å². The van der Waals surface area contributed by atoms with Crippen molar-refractivity contribution in [1.29, 1.82) is 0 Å². The number of ether oxygens (including phenoxy) is 1. The lowest BCUT2D eigenvalue weighted by atomic mass is 10.1. The third-order valence-electron chi connectivity index (χ3n) is 4.29. The number of quaternary nitrogens is 1. The lowest BCUT2D eigenvalue weighted by molar-refractivity contribution is -0.368. The number of unbranched alkanes of at least 4 members (excludes halogenated alkanes) is 1. The number of aliphatic carboxylic acids is 1. The second-order valence-electron chi connectivity index (χ2n) is 6.89. The predicted octanol–water partition coefficient (Wildman–Crippen LogP) is -1.55. The molecule has 0 saturated heterocycles. The minimum absolute atomic E-state index is 0.0541. The standard InChI is InChI=1S/C20H30N4O6/c1-13(18(26)24-16(19(27)28)10-6-7-11-21)22-17(25)14(2)23-20(29)30-12-15-8-4-3-5-9-15/h3-5,8-9,13-14,16H,6-7,10-12,21H2,1-2H3,(H,22,25)(H,23,29)(H,24,26)(H,27,28)/t13-,14-,16-/m0/s1. The van der Waals surface area contributed by atoms with Gasteiger partial charge in [-0.3, -0.25) is 9.59 Å². The van der Waals surface area contributed by atoms with Crippen molar-refractivity contribution in [2.75, 3.05) is 6.54 Å². The molecule has 6 N–H and O–H groups in total. The van der Waals surface area contributed by atoms with Gasteiger partial charge < -0.3 is 36.3 Å². The molecule has 0 spiro atoms. The number of hydrogen-bond donors (Lipinski definition) is 4. The quantitative estimate of drug-likeness (QED) is 0.298. The van der Waals surface area contributed by atoms with Crippen LogP contribution in [-0.4, -0.2) is 48.5 Å². The van der Waals surface area contributed by atoms with Gasteiger partial charge in [-0.25, -0.2) is 4.79 Å². The molecule has 3 amide bonds. The second kappa shape index (κ2) is 13.2. The van der Waals surface area contributed by atoms with Gasteiger partial charge in [-0.15, -0.1) is 0 Å². The van der Waals surface area contributed by atoms with E-state index in [1.54, 1.807) is 12.1 Å². The van der Waals surface area contributed by atoms with Crippen molar-refractivity contribution in [1.82, 2.24) is 16.0 Å². The molecule has 30 heavy (non-hydrogen) atoms. The summed E-state index contributed by atoms with van der Waals surface area (Å²) in [5, 5.41) is 18.3. The van der Waals surface area contributed by atoms with Crippen LogP contribution >= 0.6 is 0 Å². The summed E-state index contributed by atoms with van der Waals surface area (Å²) >= 11 is 0. The minimum atomic E-state index is -1.39. The fourth-order valence-electron chi connectivity index (χ4n) is 2.48. The zero-order valence-electron chi connectivity index (χ0n) is 17.3. The summed E-state index contributed by atoms with van der Waals surface area (Å²) in [6.07, 6.45) is 0.751. The maximum Gasteiger partial charge on any atom is 0.408 e. The SMILES string of the molecule is C[C@H](NC(=O)OCc1ccccc1)C(=O)N[C@@H](C)C(=O)N[C@@H](CCCC[NH3+])C(=O)[O-]. The largest absolute Gasteiger partial charge is 0.548 e. The van der Waals surface area contributed by atoms with Crippen LogP contribution in [0, 0.1) is 0 Å². The third-order valence-corrected chi connectivity index (χ3v) is 4.29. The average molecular weight is 422 g/mol.